The largest absolute Gasteiger partial charge is 0.325 e. The van der Waals surface area contributed by atoms with Crippen molar-refractivity contribution in [3.8, 4) is 0 Å². The third-order valence-corrected chi connectivity index (χ3v) is 1.42. The SMILES string of the molecule is CC(C)C/C(Cl)=N/OS(C)(=O)=O. The maximum atomic E-state index is 10.4. The Morgan fingerprint density at radius 1 is 1.58 bits per heavy atom. The summed E-state index contributed by atoms with van der Waals surface area (Å²) in [5, 5.41) is 3.39. The van der Waals surface area contributed by atoms with Crippen molar-refractivity contribution >= 4 is 26.9 Å². The van der Waals surface area contributed by atoms with Gasteiger partial charge in [-0.25, -0.2) is 0 Å². The van der Waals surface area contributed by atoms with Gasteiger partial charge in [0.15, 0.2) is 0 Å². The molecule has 4 nitrogen and oxygen atoms in total. The number of hydrogen-bond donors (Lipinski definition) is 0. The molecule has 0 fully saturated rings. The summed E-state index contributed by atoms with van der Waals surface area (Å²) < 4.78 is 25.0. The lowest BCUT2D eigenvalue weighted by Crippen LogP contribution is -2.01. The van der Waals surface area contributed by atoms with E-state index in [9.17, 15) is 8.42 Å². The molecule has 0 radical (unpaired) electrons. The minimum Gasteiger partial charge on any atom is -0.268 e. The topological polar surface area (TPSA) is 55.7 Å². The minimum absolute atomic E-state index is 0.162. The minimum atomic E-state index is -3.53. The molecule has 0 aromatic carbocycles. The van der Waals surface area contributed by atoms with Gasteiger partial charge in [0.05, 0.1) is 6.26 Å². The Morgan fingerprint density at radius 2 is 2.08 bits per heavy atom. The van der Waals surface area contributed by atoms with Gasteiger partial charge in [-0.1, -0.05) is 30.6 Å². The Labute approximate surface area is 77.7 Å². The predicted octanol–water partition coefficient (Wildman–Crippen LogP) is 1.56. The number of hydrogen-bond acceptors (Lipinski definition) is 4. The van der Waals surface area contributed by atoms with Gasteiger partial charge in [-0.3, -0.25) is 4.28 Å². The lowest BCUT2D eigenvalue weighted by molar-refractivity contribution is 0.342. The van der Waals surface area contributed by atoms with Gasteiger partial charge in [0.2, 0.25) is 0 Å². The highest BCUT2D eigenvalue weighted by atomic mass is 35.5. The molecule has 12 heavy (non-hydrogen) atoms. The molecule has 0 saturated heterocycles. The van der Waals surface area contributed by atoms with Crippen LogP contribution >= 0.6 is 11.6 Å². The summed E-state index contributed by atoms with van der Waals surface area (Å²) in [5.74, 6) is 0.324. The van der Waals surface area contributed by atoms with Gasteiger partial charge < -0.3 is 0 Å². The molecular weight excluding hydrogens is 202 g/mol. The fraction of sp³-hybridized carbons (Fsp3) is 0.833. The molecule has 0 spiro atoms. The summed E-state index contributed by atoms with van der Waals surface area (Å²) in [4.78, 5) is 0. The maximum Gasteiger partial charge on any atom is 0.325 e. The van der Waals surface area contributed by atoms with Crippen LogP contribution in [0.5, 0.6) is 0 Å². The quantitative estimate of drug-likeness (QED) is 0.526. The van der Waals surface area contributed by atoms with Gasteiger partial charge in [-0.05, 0) is 5.92 Å². The van der Waals surface area contributed by atoms with Gasteiger partial charge in [0, 0.05) is 6.42 Å². The molecule has 0 unspecified atom stereocenters. The van der Waals surface area contributed by atoms with Gasteiger partial charge in [-0.15, -0.1) is 0 Å². The third kappa shape index (κ3) is 7.81. The summed E-state index contributed by atoms with van der Waals surface area (Å²) in [5.41, 5.74) is 0. The Bertz CT molecular complexity index is 258. The van der Waals surface area contributed by atoms with E-state index < -0.39 is 10.1 Å². The Hall–Kier alpha value is -0.290. The van der Waals surface area contributed by atoms with Crippen LogP contribution in [0.1, 0.15) is 20.3 Å². The number of oxime groups is 1. The van der Waals surface area contributed by atoms with Crippen molar-refractivity contribution in [1.29, 1.82) is 0 Å². The molecule has 72 valence electrons. The molecule has 0 saturated carbocycles. The molecule has 0 aliphatic carbocycles. The van der Waals surface area contributed by atoms with Gasteiger partial charge in [0.25, 0.3) is 0 Å². The second-order valence-electron chi connectivity index (χ2n) is 2.84. The van der Waals surface area contributed by atoms with E-state index in [4.69, 9.17) is 11.6 Å². The van der Waals surface area contributed by atoms with Gasteiger partial charge in [-0.2, -0.15) is 8.42 Å². The zero-order valence-electron chi connectivity index (χ0n) is 7.24. The van der Waals surface area contributed by atoms with E-state index in [2.05, 4.69) is 9.44 Å². The predicted molar refractivity (Wildman–Crippen MR) is 48.7 cm³/mol. The molecule has 0 amide bonds. The molecule has 0 atom stereocenters. The van der Waals surface area contributed by atoms with Gasteiger partial charge >= 0.3 is 10.1 Å². The monoisotopic (exact) mass is 213 g/mol. The van der Waals surface area contributed by atoms with Crippen LogP contribution in [0.4, 0.5) is 0 Å². The van der Waals surface area contributed by atoms with Crippen molar-refractivity contribution in [2.75, 3.05) is 6.26 Å². The number of nitrogens with zero attached hydrogens (tertiary/aromatic N) is 1. The van der Waals surface area contributed by atoms with E-state index >= 15 is 0 Å². The van der Waals surface area contributed by atoms with Crippen LogP contribution in [-0.4, -0.2) is 19.8 Å². The van der Waals surface area contributed by atoms with E-state index in [-0.39, 0.29) is 5.17 Å². The first-order chi connectivity index (χ1) is 5.31. The van der Waals surface area contributed by atoms with Crippen molar-refractivity contribution in [2.45, 2.75) is 20.3 Å². The van der Waals surface area contributed by atoms with Crippen molar-refractivity contribution in [3.05, 3.63) is 0 Å². The molecule has 0 aliphatic rings. The zero-order valence-corrected chi connectivity index (χ0v) is 8.82. The fourth-order valence-corrected chi connectivity index (χ4v) is 1.09. The van der Waals surface area contributed by atoms with Crippen LogP contribution in [-0.2, 0) is 14.4 Å². The molecule has 0 heterocycles. The van der Waals surface area contributed by atoms with Crippen LogP contribution in [0.2, 0.25) is 0 Å². The lowest BCUT2D eigenvalue weighted by Gasteiger charge is -2.00. The van der Waals surface area contributed by atoms with Gasteiger partial charge in [0.1, 0.15) is 5.17 Å². The smallest absolute Gasteiger partial charge is 0.268 e. The molecule has 0 N–H and O–H groups in total. The average Bonchev–Trinajstić information content (AvgIpc) is 1.80. The molecule has 0 rings (SSSR count). The third-order valence-electron chi connectivity index (χ3n) is 0.848. The molecule has 0 bridgehead atoms. The molecule has 6 heteroatoms. The Kier molecular flexibility index (Phi) is 4.55. The molecule has 0 aromatic heterocycles. The normalized spacial score (nSPS) is 13.6. The molecule has 0 aromatic rings. The highest BCUT2D eigenvalue weighted by Crippen LogP contribution is 2.05. The Morgan fingerprint density at radius 3 is 2.42 bits per heavy atom. The summed E-state index contributed by atoms with van der Waals surface area (Å²) >= 11 is 5.54. The highest BCUT2D eigenvalue weighted by Gasteiger charge is 2.03. The second kappa shape index (κ2) is 4.67. The van der Waals surface area contributed by atoms with Crippen LogP contribution in [0.15, 0.2) is 5.16 Å². The van der Waals surface area contributed by atoms with Crippen LogP contribution < -0.4 is 0 Å². The summed E-state index contributed by atoms with van der Waals surface area (Å²) in [6.45, 7) is 3.89. The lowest BCUT2D eigenvalue weighted by atomic mass is 10.1. The van der Waals surface area contributed by atoms with Crippen molar-refractivity contribution < 1.29 is 12.7 Å². The van der Waals surface area contributed by atoms with E-state index in [1.807, 2.05) is 13.8 Å². The number of rotatable bonds is 4. The average molecular weight is 214 g/mol. The first-order valence-electron chi connectivity index (χ1n) is 3.42. The summed E-state index contributed by atoms with van der Waals surface area (Å²) in [6, 6.07) is 0. The standard InChI is InChI=1S/C6H12ClNO3S/c1-5(2)4-6(7)8-11-12(3,9)10/h5H,4H2,1-3H3/b8-6-. The van der Waals surface area contributed by atoms with Crippen LogP contribution in [0.25, 0.3) is 0 Å². The zero-order chi connectivity index (χ0) is 9.78. The molecular formula is C6H12ClNO3S. The first-order valence-corrected chi connectivity index (χ1v) is 5.61. The highest BCUT2D eigenvalue weighted by molar-refractivity contribution is 7.85. The summed E-state index contributed by atoms with van der Waals surface area (Å²) in [6.07, 6.45) is 1.42. The molecule has 0 aliphatic heterocycles. The van der Waals surface area contributed by atoms with E-state index in [1.165, 1.54) is 0 Å². The van der Waals surface area contributed by atoms with Crippen molar-refractivity contribution in [2.24, 2.45) is 11.1 Å². The fourth-order valence-electron chi connectivity index (χ4n) is 0.482. The summed E-state index contributed by atoms with van der Waals surface area (Å²) in [7, 11) is -3.53. The van der Waals surface area contributed by atoms with E-state index in [1.54, 1.807) is 0 Å². The maximum absolute atomic E-state index is 10.4. The van der Waals surface area contributed by atoms with Crippen molar-refractivity contribution in [1.82, 2.24) is 0 Å². The second-order valence-corrected chi connectivity index (χ2v) is 4.84. The van der Waals surface area contributed by atoms with E-state index in [0.717, 1.165) is 6.26 Å². The van der Waals surface area contributed by atoms with E-state index in [0.29, 0.717) is 12.3 Å². The first kappa shape index (κ1) is 11.7. The number of halogens is 1. The van der Waals surface area contributed by atoms with Crippen LogP contribution in [0, 0.1) is 5.92 Å². The van der Waals surface area contributed by atoms with Crippen molar-refractivity contribution in [3.63, 3.8) is 0 Å². The van der Waals surface area contributed by atoms with Crippen LogP contribution in [0.3, 0.4) is 0 Å². The Balaban J connectivity index is 4.02.